The van der Waals surface area contributed by atoms with Crippen molar-refractivity contribution in [3.8, 4) is 16.8 Å². The van der Waals surface area contributed by atoms with Crippen LogP contribution < -0.4 is 16.2 Å². The molecule has 0 aliphatic carbocycles. The molecule has 0 saturated carbocycles. The molecule has 0 atom stereocenters. The maximum atomic E-state index is 12.9. The van der Waals surface area contributed by atoms with Crippen LogP contribution >= 0.6 is 0 Å². The minimum absolute atomic E-state index is 0.0401. The number of benzene rings is 3. The molecule has 0 aliphatic rings. The summed E-state index contributed by atoms with van der Waals surface area (Å²) in [6, 6.07) is 22.1. The molecule has 4 rings (SSSR count). The molecule has 5 N–H and O–H groups in total. The van der Waals surface area contributed by atoms with Crippen LogP contribution in [0.15, 0.2) is 83.8 Å². The van der Waals surface area contributed by atoms with Gasteiger partial charge < -0.3 is 11.1 Å². The number of nitrogen functional groups attached to an aromatic ring is 1. The van der Waals surface area contributed by atoms with E-state index in [0.29, 0.717) is 39.6 Å². The van der Waals surface area contributed by atoms with Crippen LogP contribution in [0, 0.1) is 6.92 Å². The standard InChI is InChI=1S/C23H21N5O3S/c1-15-13-21(28(27-15)19-6-4-5-17(24)14-19)23(29)26-18-11-9-16(10-12-18)20-7-2-3-8-22(20)32(25,30)31/h2-14H,24H2,1H3,(H,26,29)(H2,25,30,31). The van der Waals surface area contributed by atoms with E-state index in [1.165, 1.54) is 10.7 Å². The first-order chi connectivity index (χ1) is 15.2. The summed E-state index contributed by atoms with van der Waals surface area (Å²) in [5.41, 5.74) is 9.85. The Labute approximate surface area is 185 Å². The lowest BCUT2D eigenvalue weighted by atomic mass is 10.1. The number of carbonyl (C=O) groups is 1. The molecule has 0 unspecified atom stereocenters. The summed E-state index contributed by atoms with van der Waals surface area (Å²) in [7, 11) is -3.87. The monoisotopic (exact) mass is 447 g/mol. The Morgan fingerprint density at radius 1 is 0.969 bits per heavy atom. The van der Waals surface area contributed by atoms with E-state index in [0.717, 1.165) is 0 Å². The first kappa shape index (κ1) is 21.3. The molecule has 32 heavy (non-hydrogen) atoms. The van der Waals surface area contributed by atoms with E-state index in [4.69, 9.17) is 10.9 Å². The Morgan fingerprint density at radius 2 is 1.69 bits per heavy atom. The van der Waals surface area contributed by atoms with Gasteiger partial charge in [0.15, 0.2) is 0 Å². The molecule has 1 amide bonds. The molecule has 162 valence electrons. The van der Waals surface area contributed by atoms with Crippen molar-refractivity contribution in [1.29, 1.82) is 0 Å². The highest BCUT2D eigenvalue weighted by Crippen LogP contribution is 2.27. The number of hydrogen-bond donors (Lipinski definition) is 3. The molecule has 1 aromatic heterocycles. The van der Waals surface area contributed by atoms with Crippen molar-refractivity contribution in [2.75, 3.05) is 11.1 Å². The molecule has 0 radical (unpaired) electrons. The average molecular weight is 448 g/mol. The molecule has 0 spiro atoms. The van der Waals surface area contributed by atoms with Gasteiger partial charge in [0.2, 0.25) is 10.0 Å². The number of primary sulfonamides is 1. The van der Waals surface area contributed by atoms with Gasteiger partial charge in [-0.2, -0.15) is 5.10 Å². The quantitative estimate of drug-likeness (QED) is 0.404. The van der Waals surface area contributed by atoms with Crippen molar-refractivity contribution in [3.63, 3.8) is 0 Å². The maximum absolute atomic E-state index is 12.9. The van der Waals surface area contributed by atoms with Crippen LogP contribution in [0.3, 0.4) is 0 Å². The van der Waals surface area contributed by atoms with Crippen LogP contribution in [0.4, 0.5) is 11.4 Å². The van der Waals surface area contributed by atoms with E-state index in [1.54, 1.807) is 73.7 Å². The third-order valence-corrected chi connectivity index (χ3v) is 5.80. The van der Waals surface area contributed by atoms with Gasteiger partial charge >= 0.3 is 0 Å². The second kappa shape index (κ2) is 8.29. The predicted molar refractivity (Wildman–Crippen MR) is 124 cm³/mol. The van der Waals surface area contributed by atoms with Gasteiger partial charge in [-0.3, -0.25) is 4.79 Å². The fourth-order valence-electron chi connectivity index (χ4n) is 3.40. The predicted octanol–water partition coefficient (Wildman–Crippen LogP) is 3.33. The van der Waals surface area contributed by atoms with Gasteiger partial charge in [0.25, 0.3) is 5.91 Å². The molecular formula is C23H21N5O3S. The SMILES string of the molecule is Cc1cc(C(=O)Nc2ccc(-c3ccccc3S(N)(=O)=O)cc2)n(-c2cccc(N)c2)n1. The van der Waals surface area contributed by atoms with Crippen molar-refractivity contribution in [3.05, 3.63) is 90.3 Å². The van der Waals surface area contributed by atoms with Gasteiger partial charge in [-0.15, -0.1) is 0 Å². The van der Waals surface area contributed by atoms with Crippen LogP contribution in [0.5, 0.6) is 0 Å². The molecule has 0 saturated heterocycles. The lowest BCUT2D eigenvalue weighted by Crippen LogP contribution is -2.17. The number of carbonyl (C=O) groups excluding carboxylic acids is 1. The summed E-state index contributed by atoms with van der Waals surface area (Å²) < 4.78 is 25.3. The van der Waals surface area contributed by atoms with E-state index in [-0.39, 0.29) is 10.8 Å². The Kier molecular flexibility index (Phi) is 5.52. The minimum atomic E-state index is -3.87. The fourth-order valence-corrected chi connectivity index (χ4v) is 4.16. The number of nitrogens with one attached hydrogen (secondary N) is 1. The smallest absolute Gasteiger partial charge is 0.274 e. The van der Waals surface area contributed by atoms with Gasteiger partial charge in [0.05, 0.1) is 16.3 Å². The maximum Gasteiger partial charge on any atom is 0.274 e. The Balaban J connectivity index is 1.61. The number of aromatic nitrogens is 2. The van der Waals surface area contributed by atoms with E-state index in [2.05, 4.69) is 10.4 Å². The van der Waals surface area contributed by atoms with Crippen molar-refractivity contribution >= 4 is 27.3 Å². The molecular weight excluding hydrogens is 426 g/mol. The Bertz CT molecular complexity index is 1410. The van der Waals surface area contributed by atoms with E-state index >= 15 is 0 Å². The van der Waals surface area contributed by atoms with Gasteiger partial charge in [0, 0.05) is 16.9 Å². The number of nitrogens with zero attached hydrogens (tertiary/aromatic N) is 2. The second-order valence-corrected chi connectivity index (χ2v) is 8.78. The summed E-state index contributed by atoms with van der Waals surface area (Å²) in [4.78, 5) is 13.0. The summed E-state index contributed by atoms with van der Waals surface area (Å²) in [6.45, 7) is 1.80. The molecule has 3 aromatic carbocycles. The lowest BCUT2D eigenvalue weighted by Gasteiger charge is -2.11. The number of nitrogens with two attached hydrogens (primary N) is 2. The van der Waals surface area contributed by atoms with Crippen molar-refractivity contribution < 1.29 is 13.2 Å². The van der Waals surface area contributed by atoms with Crippen LogP contribution in [0.2, 0.25) is 0 Å². The largest absolute Gasteiger partial charge is 0.399 e. The van der Waals surface area contributed by atoms with Crippen molar-refractivity contribution in [1.82, 2.24) is 9.78 Å². The van der Waals surface area contributed by atoms with E-state index in [1.807, 2.05) is 6.07 Å². The van der Waals surface area contributed by atoms with Crippen LogP contribution in [0.25, 0.3) is 16.8 Å². The molecule has 8 nitrogen and oxygen atoms in total. The van der Waals surface area contributed by atoms with E-state index < -0.39 is 10.0 Å². The number of rotatable bonds is 5. The number of sulfonamides is 1. The first-order valence-corrected chi connectivity index (χ1v) is 11.2. The normalized spacial score (nSPS) is 11.3. The van der Waals surface area contributed by atoms with Crippen LogP contribution in [-0.2, 0) is 10.0 Å². The molecule has 0 fully saturated rings. The molecule has 0 aliphatic heterocycles. The lowest BCUT2D eigenvalue weighted by molar-refractivity contribution is 0.101. The van der Waals surface area contributed by atoms with Gasteiger partial charge in [-0.25, -0.2) is 18.2 Å². The summed E-state index contributed by atoms with van der Waals surface area (Å²) in [6.07, 6.45) is 0. The van der Waals surface area contributed by atoms with Gasteiger partial charge in [0.1, 0.15) is 5.69 Å². The van der Waals surface area contributed by atoms with Gasteiger partial charge in [-0.05, 0) is 55.0 Å². The van der Waals surface area contributed by atoms with Crippen LogP contribution in [0.1, 0.15) is 16.2 Å². The van der Waals surface area contributed by atoms with E-state index in [9.17, 15) is 13.2 Å². The zero-order valence-corrected chi connectivity index (χ0v) is 18.0. The third-order valence-electron chi connectivity index (χ3n) is 4.83. The highest BCUT2D eigenvalue weighted by molar-refractivity contribution is 7.89. The third kappa shape index (κ3) is 4.39. The summed E-state index contributed by atoms with van der Waals surface area (Å²) >= 11 is 0. The average Bonchev–Trinajstić information content (AvgIpc) is 3.16. The fraction of sp³-hybridized carbons (Fsp3) is 0.0435. The Hall–Kier alpha value is -3.95. The molecule has 0 bridgehead atoms. The minimum Gasteiger partial charge on any atom is -0.399 e. The number of hydrogen-bond acceptors (Lipinski definition) is 5. The number of amides is 1. The molecule has 4 aromatic rings. The zero-order valence-electron chi connectivity index (χ0n) is 17.2. The van der Waals surface area contributed by atoms with Gasteiger partial charge in [-0.1, -0.05) is 36.4 Å². The first-order valence-electron chi connectivity index (χ1n) is 9.68. The number of aryl methyl sites for hydroxylation is 1. The highest BCUT2D eigenvalue weighted by atomic mass is 32.2. The second-order valence-electron chi connectivity index (χ2n) is 7.25. The summed E-state index contributed by atoms with van der Waals surface area (Å²) in [5.74, 6) is -0.342. The van der Waals surface area contributed by atoms with Crippen molar-refractivity contribution in [2.24, 2.45) is 5.14 Å². The zero-order chi connectivity index (χ0) is 22.9. The molecule has 9 heteroatoms. The topological polar surface area (TPSA) is 133 Å². The Morgan fingerprint density at radius 3 is 2.38 bits per heavy atom. The van der Waals surface area contributed by atoms with Crippen molar-refractivity contribution in [2.45, 2.75) is 11.8 Å². The van der Waals surface area contributed by atoms with Crippen LogP contribution in [-0.4, -0.2) is 24.1 Å². The summed E-state index contributed by atoms with van der Waals surface area (Å²) in [5, 5.41) is 12.6. The highest BCUT2D eigenvalue weighted by Gasteiger charge is 2.17. The molecule has 1 heterocycles. The number of anilines is 2.